The monoisotopic (exact) mass is 258 g/mol. The summed E-state index contributed by atoms with van der Waals surface area (Å²) in [4.78, 5) is 15.5. The average molecular weight is 258 g/mol. The molecule has 3 rings (SSSR count). The first-order valence-corrected chi connectivity index (χ1v) is 6.16. The second-order valence-electron chi connectivity index (χ2n) is 4.69. The summed E-state index contributed by atoms with van der Waals surface area (Å²) in [5, 5.41) is 13.4. The summed E-state index contributed by atoms with van der Waals surface area (Å²) < 4.78 is 1.68. The number of aliphatic carboxylic acids is 1. The van der Waals surface area contributed by atoms with Crippen LogP contribution in [0.1, 0.15) is 12.2 Å². The van der Waals surface area contributed by atoms with Crippen molar-refractivity contribution >= 4 is 11.7 Å². The molecule has 1 unspecified atom stereocenters. The van der Waals surface area contributed by atoms with Gasteiger partial charge in [-0.25, -0.2) is 9.67 Å². The largest absolute Gasteiger partial charge is 0.481 e. The summed E-state index contributed by atoms with van der Waals surface area (Å²) >= 11 is 0. The van der Waals surface area contributed by atoms with Crippen molar-refractivity contribution in [3.63, 3.8) is 0 Å². The van der Waals surface area contributed by atoms with Crippen LogP contribution in [0.2, 0.25) is 0 Å². The number of aromatic nitrogens is 3. The third kappa shape index (κ3) is 2.05. The summed E-state index contributed by atoms with van der Waals surface area (Å²) in [6.07, 6.45) is 1.24. The molecule has 6 heteroatoms. The summed E-state index contributed by atoms with van der Waals surface area (Å²) in [6, 6.07) is 7.40. The summed E-state index contributed by atoms with van der Waals surface area (Å²) in [5.41, 5.74) is 7.32. The lowest BCUT2D eigenvalue weighted by Crippen LogP contribution is -2.27. The number of rotatable bonds is 2. The van der Waals surface area contributed by atoms with Crippen molar-refractivity contribution in [1.29, 1.82) is 0 Å². The molecule has 1 aliphatic rings. The molecule has 2 heterocycles. The summed E-state index contributed by atoms with van der Waals surface area (Å²) in [6.45, 7) is 0.379. The third-order valence-corrected chi connectivity index (χ3v) is 3.41. The maximum Gasteiger partial charge on any atom is 0.308 e. The molecular formula is C13H14N4O2. The highest BCUT2D eigenvalue weighted by Crippen LogP contribution is 2.25. The van der Waals surface area contributed by atoms with Crippen LogP contribution in [0.15, 0.2) is 24.3 Å². The highest BCUT2D eigenvalue weighted by molar-refractivity contribution is 5.71. The SMILES string of the molecule is Nc1ccccc1-c1nc2n(n1)CC(C(=O)O)CC2. The van der Waals surface area contributed by atoms with E-state index >= 15 is 0 Å². The van der Waals surface area contributed by atoms with Gasteiger partial charge in [-0.3, -0.25) is 4.79 Å². The molecule has 0 saturated heterocycles. The highest BCUT2D eigenvalue weighted by Gasteiger charge is 2.26. The first-order valence-electron chi connectivity index (χ1n) is 6.16. The Kier molecular flexibility index (Phi) is 2.70. The van der Waals surface area contributed by atoms with E-state index < -0.39 is 5.97 Å². The summed E-state index contributed by atoms with van der Waals surface area (Å²) in [5.74, 6) is 0.243. The van der Waals surface area contributed by atoms with Crippen molar-refractivity contribution in [2.24, 2.45) is 5.92 Å². The van der Waals surface area contributed by atoms with Gasteiger partial charge in [-0.2, -0.15) is 5.10 Å². The molecule has 1 aliphatic heterocycles. The number of aryl methyl sites for hydroxylation is 1. The van der Waals surface area contributed by atoms with Crippen LogP contribution in [-0.2, 0) is 17.8 Å². The number of anilines is 1. The van der Waals surface area contributed by atoms with Crippen molar-refractivity contribution in [1.82, 2.24) is 14.8 Å². The van der Waals surface area contributed by atoms with Crippen LogP contribution in [0.5, 0.6) is 0 Å². The van der Waals surface area contributed by atoms with Gasteiger partial charge in [-0.1, -0.05) is 12.1 Å². The smallest absolute Gasteiger partial charge is 0.308 e. The Morgan fingerprint density at radius 1 is 1.42 bits per heavy atom. The average Bonchev–Trinajstić information content (AvgIpc) is 2.81. The van der Waals surface area contributed by atoms with E-state index in [-0.39, 0.29) is 5.92 Å². The molecular weight excluding hydrogens is 244 g/mol. The number of fused-ring (bicyclic) bond motifs is 1. The van der Waals surface area contributed by atoms with E-state index in [0.717, 1.165) is 11.4 Å². The van der Waals surface area contributed by atoms with Gasteiger partial charge in [-0.05, 0) is 18.6 Å². The normalized spacial score (nSPS) is 18.0. The minimum absolute atomic E-state index is 0.379. The number of hydrogen-bond donors (Lipinski definition) is 2. The van der Waals surface area contributed by atoms with Crippen molar-refractivity contribution in [3.05, 3.63) is 30.1 Å². The zero-order valence-corrected chi connectivity index (χ0v) is 10.3. The predicted molar refractivity (Wildman–Crippen MR) is 69.3 cm³/mol. The Bertz CT molecular complexity index is 635. The number of carboxylic acid groups (broad SMARTS) is 1. The first kappa shape index (κ1) is 11.7. The number of carboxylic acids is 1. The molecule has 3 N–H and O–H groups in total. The van der Waals surface area contributed by atoms with Crippen LogP contribution in [0.25, 0.3) is 11.4 Å². The number of hydrogen-bond acceptors (Lipinski definition) is 4. The molecule has 0 aliphatic carbocycles. The molecule has 98 valence electrons. The van der Waals surface area contributed by atoms with Crippen LogP contribution < -0.4 is 5.73 Å². The van der Waals surface area contributed by atoms with Crippen LogP contribution in [0.4, 0.5) is 5.69 Å². The van der Waals surface area contributed by atoms with Gasteiger partial charge in [0.05, 0.1) is 12.5 Å². The minimum Gasteiger partial charge on any atom is -0.481 e. The quantitative estimate of drug-likeness (QED) is 0.789. The lowest BCUT2D eigenvalue weighted by Gasteiger charge is -2.18. The van der Waals surface area contributed by atoms with E-state index in [4.69, 9.17) is 10.8 Å². The highest BCUT2D eigenvalue weighted by atomic mass is 16.4. The standard InChI is InChI=1S/C13H14N4O2/c14-10-4-2-1-3-9(10)12-15-11-6-5-8(13(18)19)7-17(11)16-12/h1-4,8H,5-7,14H2,(H,18,19). The zero-order valence-electron chi connectivity index (χ0n) is 10.3. The Hall–Kier alpha value is -2.37. The van der Waals surface area contributed by atoms with Gasteiger partial charge in [0.2, 0.25) is 0 Å². The number of carbonyl (C=O) groups is 1. The molecule has 0 radical (unpaired) electrons. The van der Waals surface area contributed by atoms with Crippen LogP contribution in [-0.4, -0.2) is 25.8 Å². The molecule has 0 saturated carbocycles. The van der Waals surface area contributed by atoms with Crippen molar-refractivity contribution in [2.75, 3.05) is 5.73 Å². The molecule has 1 atom stereocenters. The Morgan fingerprint density at radius 2 is 2.21 bits per heavy atom. The van der Waals surface area contributed by atoms with Gasteiger partial charge in [0.15, 0.2) is 5.82 Å². The van der Waals surface area contributed by atoms with Gasteiger partial charge < -0.3 is 10.8 Å². The Labute approximate surface area is 109 Å². The minimum atomic E-state index is -0.776. The zero-order chi connectivity index (χ0) is 13.4. The maximum atomic E-state index is 11.0. The van der Waals surface area contributed by atoms with Gasteiger partial charge in [0, 0.05) is 17.7 Å². The van der Waals surface area contributed by atoms with E-state index in [2.05, 4.69) is 10.1 Å². The van der Waals surface area contributed by atoms with Gasteiger partial charge in [0.25, 0.3) is 0 Å². The van der Waals surface area contributed by atoms with E-state index in [9.17, 15) is 4.79 Å². The topological polar surface area (TPSA) is 94.0 Å². The van der Waals surface area contributed by atoms with Crippen LogP contribution in [0, 0.1) is 5.92 Å². The van der Waals surface area contributed by atoms with Crippen molar-refractivity contribution in [2.45, 2.75) is 19.4 Å². The number of para-hydroxylation sites is 1. The molecule has 1 aromatic carbocycles. The maximum absolute atomic E-state index is 11.0. The number of nitrogens with two attached hydrogens (primary N) is 1. The fourth-order valence-electron chi connectivity index (χ4n) is 2.33. The first-order chi connectivity index (χ1) is 9.15. The molecule has 0 amide bonds. The van der Waals surface area contributed by atoms with E-state index in [1.54, 1.807) is 10.7 Å². The fourth-order valence-corrected chi connectivity index (χ4v) is 2.33. The second kappa shape index (κ2) is 4.38. The Morgan fingerprint density at radius 3 is 2.95 bits per heavy atom. The predicted octanol–water partition coefficient (Wildman–Crippen LogP) is 1.17. The van der Waals surface area contributed by atoms with Gasteiger partial charge in [-0.15, -0.1) is 0 Å². The van der Waals surface area contributed by atoms with E-state index in [1.165, 1.54) is 0 Å². The number of nitrogen functional groups attached to an aromatic ring is 1. The molecule has 1 aromatic heterocycles. The number of nitrogens with zero attached hydrogens (tertiary/aromatic N) is 3. The van der Waals surface area contributed by atoms with Gasteiger partial charge in [0.1, 0.15) is 5.82 Å². The third-order valence-electron chi connectivity index (χ3n) is 3.41. The second-order valence-corrected chi connectivity index (χ2v) is 4.69. The molecule has 0 spiro atoms. The number of benzene rings is 1. The van der Waals surface area contributed by atoms with E-state index in [1.807, 2.05) is 18.2 Å². The lowest BCUT2D eigenvalue weighted by molar-refractivity contribution is -0.142. The van der Waals surface area contributed by atoms with E-state index in [0.29, 0.717) is 30.9 Å². The van der Waals surface area contributed by atoms with Crippen LogP contribution >= 0.6 is 0 Å². The van der Waals surface area contributed by atoms with Gasteiger partial charge >= 0.3 is 5.97 Å². The molecule has 6 nitrogen and oxygen atoms in total. The molecule has 0 fully saturated rings. The van der Waals surface area contributed by atoms with Crippen molar-refractivity contribution in [3.8, 4) is 11.4 Å². The lowest BCUT2D eigenvalue weighted by atomic mass is 10.0. The molecule has 2 aromatic rings. The summed E-state index contributed by atoms with van der Waals surface area (Å²) in [7, 11) is 0. The van der Waals surface area contributed by atoms with Crippen molar-refractivity contribution < 1.29 is 9.90 Å². The molecule has 0 bridgehead atoms. The molecule has 19 heavy (non-hydrogen) atoms. The Balaban J connectivity index is 1.96. The van der Waals surface area contributed by atoms with Crippen LogP contribution in [0.3, 0.4) is 0 Å². The fraction of sp³-hybridized carbons (Fsp3) is 0.308.